The molecule has 0 aliphatic carbocycles. The highest BCUT2D eigenvalue weighted by molar-refractivity contribution is 7.91. The predicted molar refractivity (Wildman–Crippen MR) is 97.8 cm³/mol. The smallest absolute Gasteiger partial charge is 0.236 e. The van der Waals surface area contributed by atoms with Gasteiger partial charge < -0.3 is 4.90 Å². The number of nitrogens with zero attached hydrogens (tertiary/aromatic N) is 2. The maximum absolute atomic E-state index is 13.6. The van der Waals surface area contributed by atoms with Crippen LogP contribution in [0.1, 0.15) is 29.7 Å². The first-order valence-electron chi connectivity index (χ1n) is 8.32. The van der Waals surface area contributed by atoms with Gasteiger partial charge in [-0.1, -0.05) is 12.1 Å². The van der Waals surface area contributed by atoms with Gasteiger partial charge in [-0.15, -0.1) is 0 Å². The SMILES string of the molecule is Cc1ccc(CS(=O)(=O)Nc2ccc(N3CCCC3)nc2C)cc1F. The quantitative estimate of drug-likeness (QED) is 0.885. The van der Waals surface area contributed by atoms with Gasteiger partial charge in [0.05, 0.1) is 17.1 Å². The molecule has 1 aliphatic rings. The van der Waals surface area contributed by atoms with Crippen LogP contribution in [0.15, 0.2) is 30.3 Å². The van der Waals surface area contributed by atoms with Crippen LogP contribution in [-0.4, -0.2) is 26.5 Å². The van der Waals surface area contributed by atoms with E-state index in [-0.39, 0.29) is 5.75 Å². The number of benzene rings is 1. The van der Waals surface area contributed by atoms with E-state index in [2.05, 4.69) is 14.6 Å². The van der Waals surface area contributed by atoms with Crippen molar-refractivity contribution in [2.24, 2.45) is 0 Å². The summed E-state index contributed by atoms with van der Waals surface area (Å²) in [6.45, 7) is 5.39. The normalized spacial score (nSPS) is 14.8. The van der Waals surface area contributed by atoms with Crippen molar-refractivity contribution >= 4 is 21.5 Å². The second kappa shape index (κ2) is 7.00. The van der Waals surface area contributed by atoms with E-state index >= 15 is 0 Å². The summed E-state index contributed by atoms with van der Waals surface area (Å²) in [7, 11) is -3.64. The van der Waals surface area contributed by atoms with E-state index in [0.29, 0.717) is 22.5 Å². The van der Waals surface area contributed by atoms with Crippen LogP contribution in [0.5, 0.6) is 0 Å². The number of pyridine rings is 1. The third kappa shape index (κ3) is 4.28. The van der Waals surface area contributed by atoms with E-state index in [1.807, 2.05) is 6.07 Å². The fourth-order valence-electron chi connectivity index (χ4n) is 2.93. The summed E-state index contributed by atoms with van der Waals surface area (Å²) in [5, 5.41) is 0. The van der Waals surface area contributed by atoms with Crippen molar-refractivity contribution in [1.82, 2.24) is 4.98 Å². The zero-order valence-electron chi connectivity index (χ0n) is 14.4. The van der Waals surface area contributed by atoms with Crippen molar-refractivity contribution in [3.8, 4) is 0 Å². The highest BCUT2D eigenvalue weighted by atomic mass is 32.2. The third-order valence-electron chi connectivity index (χ3n) is 4.36. The Balaban J connectivity index is 1.74. The molecule has 0 unspecified atom stereocenters. The summed E-state index contributed by atoms with van der Waals surface area (Å²) in [6.07, 6.45) is 2.31. The minimum Gasteiger partial charge on any atom is -0.357 e. The van der Waals surface area contributed by atoms with E-state index in [9.17, 15) is 12.8 Å². The Labute approximate surface area is 147 Å². The molecule has 0 saturated carbocycles. The number of aromatic nitrogens is 1. The molecule has 0 spiro atoms. The van der Waals surface area contributed by atoms with Crippen LogP contribution in [0, 0.1) is 19.7 Å². The molecule has 1 N–H and O–H groups in total. The van der Waals surface area contributed by atoms with Crippen molar-refractivity contribution in [2.45, 2.75) is 32.4 Å². The zero-order valence-corrected chi connectivity index (χ0v) is 15.2. The molecule has 3 rings (SSSR count). The molecule has 1 fully saturated rings. The molecular formula is C18H22FN3O2S. The van der Waals surface area contributed by atoms with Crippen LogP contribution < -0.4 is 9.62 Å². The van der Waals surface area contributed by atoms with Gasteiger partial charge in [-0.3, -0.25) is 4.72 Å². The van der Waals surface area contributed by atoms with Crippen molar-refractivity contribution in [1.29, 1.82) is 0 Å². The Morgan fingerprint density at radius 2 is 1.88 bits per heavy atom. The average molecular weight is 363 g/mol. The van der Waals surface area contributed by atoms with Crippen LogP contribution in [0.25, 0.3) is 0 Å². The van der Waals surface area contributed by atoms with E-state index in [1.165, 1.54) is 6.07 Å². The molecule has 1 aromatic carbocycles. The lowest BCUT2D eigenvalue weighted by Gasteiger charge is -2.18. The number of halogens is 1. The molecule has 0 bridgehead atoms. The van der Waals surface area contributed by atoms with Crippen LogP contribution >= 0.6 is 0 Å². The first-order chi connectivity index (χ1) is 11.8. The number of rotatable bonds is 5. The molecular weight excluding hydrogens is 341 g/mol. The number of aryl methyl sites for hydroxylation is 2. The van der Waals surface area contributed by atoms with Crippen molar-refractivity contribution in [2.75, 3.05) is 22.7 Å². The number of nitrogens with one attached hydrogen (secondary N) is 1. The molecule has 7 heteroatoms. The van der Waals surface area contributed by atoms with Gasteiger partial charge in [0, 0.05) is 13.1 Å². The molecule has 0 atom stereocenters. The number of anilines is 2. The summed E-state index contributed by atoms with van der Waals surface area (Å²) in [5.74, 6) is 0.191. The van der Waals surface area contributed by atoms with Gasteiger partial charge in [-0.2, -0.15) is 0 Å². The van der Waals surface area contributed by atoms with Gasteiger partial charge >= 0.3 is 0 Å². The molecule has 1 saturated heterocycles. The van der Waals surface area contributed by atoms with Crippen LogP contribution in [0.3, 0.4) is 0 Å². The Kier molecular flexibility index (Phi) is 4.94. The Morgan fingerprint density at radius 1 is 1.16 bits per heavy atom. The molecule has 0 radical (unpaired) electrons. The average Bonchev–Trinajstić information content (AvgIpc) is 3.07. The minimum atomic E-state index is -3.64. The topological polar surface area (TPSA) is 62.3 Å². The molecule has 1 aromatic heterocycles. The minimum absolute atomic E-state index is 0.280. The number of hydrogen-bond acceptors (Lipinski definition) is 4. The maximum Gasteiger partial charge on any atom is 0.236 e. The fraction of sp³-hybridized carbons (Fsp3) is 0.389. The largest absolute Gasteiger partial charge is 0.357 e. The molecule has 1 aliphatic heterocycles. The van der Waals surface area contributed by atoms with Gasteiger partial charge in [-0.05, 0) is 56.0 Å². The van der Waals surface area contributed by atoms with E-state index in [0.717, 1.165) is 31.7 Å². The highest BCUT2D eigenvalue weighted by Crippen LogP contribution is 2.23. The fourth-order valence-corrected chi connectivity index (χ4v) is 4.17. The summed E-state index contributed by atoms with van der Waals surface area (Å²) in [6, 6.07) is 8.04. The van der Waals surface area contributed by atoms with Crippen molar-refractivity contribution in [3.63, 3.8) is 0 Å². The van der Waals surface area contributed by atoms with Gasteiger partial charge in [0.2, 0.25) is 10.0 Å². The zero-order chi connectivity index (χ0) is 18.0. The summed E-state index contributed by atoms with van der Waals surface area (Å²) in [4.78, 5) is 6.71. The summed E-state index contributed by atoms with van der Waals surface area (Å²) in [5.41, 5.74) is 1.99. The van der Waals surface area contributed by atoms with Crippen molar-refractivity contribution < 1.29 is 12.8 Å². The molecule has 134 valence electrons. The standard InChI is InChI=1S/C18H22FN3O2S/c1-13-5-6-15(11-16(13)19)12-25(23,24)21-17-7-8-18(20-14(17)2)22-9-3-4-10-22/h5-8,11,21H,3-4,9-10,12H2,1-2H3. The maximum atomic E-state index is 13.6. The Hall–Kier alpha value is -2.15. The first kappa shape index (κ1) is 17.7. The Morgan fingerprint density at radius 3 is 2.52 bits per heavy atom. The first-order valence-corrected chi connectivity index (χ1v) is 9.97. The van der Waals surface area contributed by atoms with Gasteiger partial charge in [-0.25, -0.2) is 17.8 Å². The predicted octanol–water partition coefficient (Wildman–Crippen LogP) is 3.38. The van der Waals surface area contributed by atoms with Gasteiger partial charge in [0.1, 0.15) is 11.6 Å². The second-order valence-corrected chi connectivity index (χ2v) is 8.16. The third-order valence-corrected chi connectivity index (χ3v) is 5.60. The lowest BCUT2D eigenvalue weighted by atomic mass is 10.2. The summed E-state index contributed by atoms with van der Waals surface area (Å²) < 4.78 is 40.9. The van der Waals surface area contributed by atoms with Gasteiger partial charge in [0.15, 0.2) is 0 Å². The Bertz CT molecular complexity index is 878. The second-order valence-electron chi connectivity index (χ2n) is 6.44. The molecule has 0 amide bonds. The lowest BCUT2D eigenvalue weighted by Crippen LogP contribution is -2.20. The van der Waals surface area contributed by atoms with Gasteiger partial charge in [0.25, 0.3) is 0 Å². The van der Waals surface area contributed by atoms with E-state index in [4.69, 9.17) is 0 Å². The summed E-state index contributed by atoms with van der Waals surface area (Å²) >= 11 is 0. The van der Waals surface area contributed by atoms with E-state index in [1.54, 1.807) is 32.0 Å². The molecule has 5 nitrogen and oxygen atoms in total. The number of sulfonamides is 1. The lowest BCUT2D eigenvalue weighted by molar-refractivity contribution is 0.599. The number of hydrogen-bond donors (Lipinski definition) is 1. The van der Waals surface area contributed by atoms with Crippen LogP contribution in [0.2, 0.25) is 0 Å². The molecule has 25 heavy (non-hydrogen) atoms. The van der Waals surface area contributed by atoms with Crippen LogP contribution in [-0.2, 0) is 15.8 Å². The van der Waals surface area contributed by atoms with Crippen molar-refractivity contribution in [3.05, 3.63) is 53.0 Å². The molecule has 2 heterocycles. The monoisotopic (exact) mass is 363 g/mol. The highest BCUT2D eigenvalue weighted by Gasteiger charge is 2.17. The van der Waals surface area contributed by atoms with E-state index < -0.39 is 15.8 Å². The molecule has 2 aromatic rings. The van der Waals surface area contributed by atoms with Crippen LogP contribution in [0.4, 0.5) is 15.9 Å².